The molecule has 2 aromatic rings. The van der Waals surface area contributed by atoms with Gasteiger partial charge in [0, 0.05) is 6.04 Å². The smallest absolute Gasteiger partial charge is 0.259 e. The van der Waals surface area contributed by atoms with Crippen molar-refractivity contribution in [2.24, 2.45) is 0 Å². The zero-order chi connectivity index (χ0) is 19.6. The predicted octanol–water partition coefficient (Wildman–Crippen LogP) is 2.40. The number of hydrogen-bond donors (Lipinski definition) is 3. The fraction of sp³-hybridized carbons (Fsp3) is 0.278. The van der Waals surface area contributed by atoms with Gasteiger partial charge in [0.05, 0.1) is 34.4 Å². The number of anilines is 1. The van der Waals surface area contributed by atoms with Crippen LogP contribution in [0.25, 0.3) is 0 Å². The van der Waals surface area contributed by atoms with E-state index in [1.165, 1.54) is 25.3 Å². The van der Waals surface area contributed by atoms with Gasteiger partial charge >= 0.3 is 0 Å². The van der Waals surface area contributed by atoms with Crippen LogP contribution in [0.15, 0.2) is 47.4 Å². The molecule has 0 radical (unpaired) electrons. The maximum Gasteiger partial charge on any atom is 0.259 e. The third-order valence-corrected chi connectivity index (χ3v) is 6.13. The molecule has 0 aromatic heterocycles. The third kappa shape index (κ3) is 4.41. The molecule has 1 aliphatic carbocycles. The molecule has 0 heterocycles. The molecule has 0 spiro atoms. The van der Waals surface area contributed by atoms with E-state index in [-0.39, 0.29) is 22.3 Å². The van der Waals surface area contributed by atoms with E-state index < -0.39 is 22.0 Å². The monoisotopic (exact) mass is 410 g/mol. The van der Waals surface area contributed by atoms with Crippen molar-refractivity contribution in [3.05, 3.63) is 53.1 Å². The number of rotatable bonds is 6. The predicted molar refractivity (Wildman–Crippen MR) is 102 cm³/mol. The van der Waals surface area contributed by atoms with Crippen LogP contribution in [-0.4, -0.2) is 38.7 Å². The first-order chi connectivity index (χ1) is 12.8. The minimum Gasteiger partial charge on any atom is -0.496 e. The molecule has 2 aromatic carbocycles. The number of methoxy groups -OCH3 is 1. The first-order valence-electron chi connectivity index (χ1n) is 8.24. The Kier molecular flexibility index (Phi) is 5.71. The van der Waals surface area contributed by atoms with Crippen molar-refractivity contribution in [1.82, 2.24) is 4.72 Å². The molecule has 3 rings (SSSR count). The van der Waals surface area contributed by atoms with Gasteiger partial charge in [-0.2, -0.15) is 0 Å². The highest BCUT2D eigenvalue weighted by molar-refractivity contribution is 7.89. The third-order valence-electron chi connectivity index (χ3n) is 4.28. The minimum atomic E-state index is -3.83. The molecule has 1 saturated carbocycles. The Bertz CT molecular complexity index is 958. The first-order valence-corrected chi connectivity index (χ1v) is 10.1. The summed E-state index contributed by atoms with van der Waals surface area (Å²) in [6.45, 7) is 0. The molecule has 0 atom stereocenters. The molecule has 1 fully saturated rings. The molecular weight excluding hydrogens is 392 g/mol. The lowest BCUT2D eigenvalue weighted by atomic mass is 9.91. The van der Waals surface area contributed by atoms with Crippen LogP contribution in [0, 0.1) is 0 Å². The Hall–Kier alpha value is -2.13. The highest BCUT2D eigenvalue weighted by atomic mass is 35.5. The van der Waals surface area contributed by atoms with Crippen LogP contribution in [0.4, 0.5) is 5.69 Å². The Labute approximate surface area is 162 Å². The second-order valence-corrected chi connectivity index (χ2v) is 8.36. The molecule has 0 unspecified atom stereocenters. The zero-order valence-electron chi connectivity index (χ0n) is 14.5. The van der Waals surface area contributed by atoms with E-state index in [1.807, 2.05) is 0 Å². The molecule has 144 valence electrons. The summed E-state index contributed by atoms with van der Waals surface area (Å²) in [6.07, 6.45) is 0.260. The Morgan fingerprint density at radius 2 is 1.93 bits per heavy atom. The Morgan fingerprint density at radius 1 is 1.22 bits per heavy atom. The maximum absolute atomic E-state index is 12.7. The average molecular weight is 411 g/mol. The lowest BCUT2D eigenvalue weighted by Crippen LogP contribution is -2.46. The number of ether oxygens (including phenoxy) is 1. The highest BCUT2D eigenvalue weighted by Gasteiger charge is 2.31. The van der Waals surface area contributed by atoms with Crippen molar-refractivity contribution >= 4 is 33.2 Å². The van der Waals surface area contributed by atoms with Crippen LogP contribution in [0.3, 0.4) is 0 Å². The summed E-state index contributed by atoms with van der Waals surface area (Å²) in [6, 6.07) is 10.4. The number of nitrogens with one attached hydrogen (secondary N) is 2. The van der Waals surface area contributed by atoms with Crippen LogP contribution in [0.2, 0.25) is 5.02 Å². The van der Waals surface area contributed by atoms with Crippen LogP contribution in [0.5, 0.6) is 5.75 Å². The van der Waals surface area contributed by atoms with Crippen molar-refractivity contribution in [1.29, 1.82) is 0 Å². The van der Waals surface area contributed by atoms with E-state index in [0.29, 0.717) is 23.6 Å². The standard InChI is InChI=1S/C18H19ClN2O5S/c1-26-17-7-6-13(27(24,25)21-11-8-12(22)9-11)10-14(17)18(23)20-16-5-3-2-4-15(16)19/h2-7,10-12,21-22H,8-9H2,1H3,(H,20,23). The minimum absolute atomic E-state index is 0.0611. The molecule has 0 saturated heterocycles. The van der Waals surface area contributed by atoms with E-state index in [2.05, 4.69) is 10.0 Å². The lowest BCUT2D eigenvalue weighted by molar-refractivity contribution is 0.0712. The Balaban J connectivity index is 1.87. The van der Waals surface area contributed by atoms with Crippen LogP contribution in [0.1, 0.15) is 23.2 Å². The van der Waals surface area contributed by atoms with Crippen LogP contribution in [-0.2, 0) is 10.0 Å². The van der Waals surface area contributed by atoms with Crippen LogP contribution >= 0.6 is 11.6 Å². The summed E-state index contributed by atoms with van der Waals surface area (Å²) in [5.74, 6) is -0.311. The number of aliphatic hydroxyl groups is 1. The van der Waals surface area contributed by atoms with Crippen molar-refractivity contribution in [3.8, 4) is 5.75 Å². The number of benzene rings is 2. The number of hydrogen-bond acceptors (Lipinski definition) is 5. The van der Waals surface area contributed by atoms with E-state index in [9.17, 15) is 18.3 Å². The molecule has 27 heavy (non-hydrogen) atoms. The molecule has 0 aliphatic heterocycles. The lowest BCUT2D eigenvalue weighted by Gasteiger charge is -2.31. The highest BCUT2D eigenvalue weighted by Crippen LogP contribution is 2.27. The van der Waals surface area contributed by atoms with Crippen molar-refractivity contribution < 1.29 is 23.1 Å². The molecular formula is C18H19ClN2O5S. The van der Waals surface area contributed by atoms with Gasteiger partial charge in [0.2, 0.25) is 10.0 Å². The van der Waals surface area contributed by atoms with Gasteiger partial charge in [0.15, 0.2) is 0 Å². The van der Waals surface area contributed by atoms with Gasteiger partial charge < -0.3 is 15.2 Å². The van der Waals surface area contributed by atoms with Crippen molar-refractivity contribution in [2.75, 3.05) is 12.4 Å². The first kappa shape index (κ1) is 19.6. The normalized spacial score (nSPS) is 19.2. The van der Waals surface area contributed by atoms with Gasteiger partial charge in [-0.1, -0.05) is 23.7 Å². The van der Waals surface area contributed by atoms with E-state index in [4.69, 9.17) is 16.3 Å². The number of amides is 1. The number of sulfonamides is 1. The van der Waals surface area contributed by atoms with Gasteiger partial charge in [0.25, 0.3) is 5.91 Å². The molecule has 1 aliphatic rings. The number of aliphatic hydroxyl groups excluding tert-OH is 1. The van der Waals surface area contributed by atoms with Gasteiger partial charge in [-0.05, 0) is 43.2 Å². The summed E-state index contributed by atoms with van der Waals surface area (Å²) in [7, 11) is -2.44. The SMILES string of the molecule is COc1ccc(S(=O)(=O)NC2CC(O)C2)cc1C(=O)Nc1ccccc1Cl. The number of carbonyl (C=O) groups excluding carboxylic acids is 1. The largest absolute Gasteiger partial charge is 0.496 e. The molecule has 1 amide bonds. The van der Waals surface area contributed by atoms with Crippen molar-refractivity contribution in [3.63, 3.8) is 0 Å². The van der Waals surface area contributed by atoms with Crippen LogP contribution < -0.4 is 14.8 Å². The molecule has 7 nitrogen and oxygen atoms in total. The summed E-state index contributed by atoms with van der Waals surface area (Å²) in [5.41, 5.74) is 0.468. The van der Waals surface area contributed by atoms with E-state index >= 15 is 0 Å². The summed E-state index contributed by atoms with van der Waals surface area (Å²) < 4.78 is 32.8. The number of carbonyl (C=O) groups is 1. The van der Waals surface area contributed by atoms with E-state index in [0.717, 1.165) is 0 Å². The van der Waals surface area contributed by atoms with Gasteiger partial charge in [-0.25, -0.2) is 13.1 Å². The summed E-state index contributed by atoms with van der Waals surface area (Å²) in [5, 5.41) is 12.3. The molecule has 3 N–H and O–H groups in total. The maximum atomic E-state index is 12.7. The fourth-order valence-corrected chi connectivity index (χ4v) is 4.23. The number of para-hydroxylation sites is 1. The van der Waals surface area contributed by atoms with Gasteiger partial charge in [-0.15, -0.1) is 0 Å². The number of halogens is 1. The molecule has 0 bridgehead atoms. The topological polar surface area (TPSA) is 105 Å². The zero-order valence-corrected chi connectivity index (χ0v) is 16.0. The van der Waals surface area contributed by atoms with Crippen molar-refractivity contribution in [2.45, 2.75) is 29.9 Å². The quantitative estimate of drug-likeness (QED) is 0.678. The fourth-order valence-electron chi connectivity index (χ4n) is 2.76. The second-order valence-electron chi connectivity index (χ2n) is 6.24. The Morgan fingerprint density at radius 3 is 2.56 bits per heavy atom. The second kappa shape index (κ2) is 7.85. The average Bonchev–Trinajstić information content (AvgIpc) is 2.61. The van der Waals surface area contributed by atoms with E-state index in [1.54, 1.807) is 24.3 Å². The van der Waals surface area contributed by atoms with Gasteiger partial charge in [-0.3, -0.25) is 4.79 Å². The summed E-state index contributed by atoms with van der Waals surface area (Å²) in [4.78, 5) is 12.6. The van der Waals surface area contributed by atoms with Gasteiger partial charge in [0.1, 0.15) is 5.75 Å². The summed E-state index contributed by atoms with van der Waals surface area (Å²) >= 11 is 6.05. The molecule has 9 heteroatoms.